The van der Waals surface area contributed by atoms with Crippen LogP contribution in [0.4, 0.5) is 10.6 Å². The number of hydrogen-bond acceptors (Lipinski definition) is 4. The van der Waals surface area contributed by atoms with E-state index in [1.165, 1.54) is 10.9 Å². The van der Waals surface area contributed by atoms with Gasteiger partial charge in [0.1, 0.15) is 11.4 Å². The first-order valence-corrected chi connectivity index (χ1v) is 8.93. The van der Waals surface area contributed by atoms with E-state index in [9.17, 15) is 4.79 Å². The molecule has 1 aliphatic heterocycles. The summed E-state index contributed by atoms with van der Waals surface area (Å²) < 4.78 is 5.45. The van der Waals surface area contributed by atoms with Gasteiger partial charge in [-0.3, -0.25) is 0 Å². The molecule has 0 atom stereocenters. The summed E-state index contributed by atoms with van der Waals surface area (Å²) in [6.45, 7) is 9.21. The minimum atomic E-state index is -0.446. The van der Waals surface area contributed by atoms with Crippen molar-refractivity contribution in [3.8, 4) is 0 Å². The molecule has 1 aromatic heterocycles. The van der Waals surface area contributed by atoms with Crippen LogP contribution in [0.5, 0.6) is 0 Å². The Hall–Kier alpha value is -2.30. The van der Waals surface area contributed by atoms with Crippen molar-refractivity contribution in [3.05, 3.63) is 35.9 Å². The molecular weight excluding hydrogens is 314 g/mol. The normalized spacial score (nSPS) is 16.1. The highest BCUT2D eigenvalue weighted by atomic mass is 16.6. The first kappa shape index (κ1) is 17.5. The van der Waals surface area contributed by atoms with E-state index < -0.39 is 5.60 Å². The third-order valence-electron chi connectivity index (χ3n) is 4.42. The second-order valence-corrected chi connectivity index (χ2v) is 7.73. The standard InChI is InChI=1S/C20H27N3O2/c1-14-13-18(22-17-8-6-5-7-16(14)17)21-15-9-11-23(12-10-15)19(24)25-20(2,3)4/h5-8,13,15H,9-12H2,1-4H3,(H,21,22). The molecular formula is C20H27N3O2. The maximum Gasteiger partial charge on any atom is 0.410 e. The van der Waals surface area contributed by atoms with Gasteiger partial charge in [-0.25, -0.2) is 9.78 Å². The Morgan fingerprint density at radius 1 is 1.24 bits per heavy atom. The van der Waals surface area contributed by atoms with Crippen molar-refractivity contribution in [3.63, 3.8) is 0 Å². The molecule has 2 aromatic rings. The van der Waals surface area contributed by atoms with Crippen LogP contribution in [0.1, 0.15) is 39.2 Å². The summed E-state index contributed by atoms with van der Waals surface area (Å²) in [6, 6.07) is 10.6. The molecule has 0 radical (unpaired) electrons. The summed E-state index contributed by atoms with van der Waals surface area (Å²) >= 11 is 0. The van der Waals surface area contributed by atoms with Crippen molar-refractivity contribution in [2.24, 2.45) is 0 Å². The Morgan fingerprint density at radius 3 is 2.60 bits per heavy atom. The molecule has 1 fully saturated rings. The van der Waals surface area contributed by atoms with Gasteiger partial charge in [0.25, 0.3) is 0 Å². The van der Waals surface area contributed by atoms with E-state index in [0.29, 0.717) is 19.1 Å². The van der Waals surface area contributed by atoms with Gasteiger partial charge < -0.3 is 15.0 Å². The molecule has 0 saturated carbocycles. The molecule has 5 heteroatoms. The molecule has 1 N–H and O–H groups in total. The largest absolute Gasteiger partial charge is 0.444 e. The number of fused-ring (bicyclic) bond motifs is 1. The summed E-state index contributed by atoms with van der Waals surface area (Å²) in [7, 11) is 0. The number of para-hydroxylation sites is 1. The number of likely N-dealkylation sites (tertiary alicyclic amines) is 1. The SMILES string of the molecule is Cc1cc(NC2CCN(C(=O)OC(C)(C)C)CC2)nc2ccccc12. The minimum absolute atomic E-state index is 0.217. The minimum Gasteiger partial charge on any atom is -0.444 e. The van der Waals surface area contributed by atoms with E-state index in [4.69, 9.17) is 9.72 Å². The molecule has 134 valence electrons. The molecule has 0 bridgehead atoms. The number of carbonyl (C=O) groups excluding carboxylic acids is 1. The van der Waals surface area contributed by atoms with Gasteiger partial charge in [-0.1, -0.05) is 18.2 Å². The number of amides is 1. The molecule has 1 amide bonds. The monoisotopic (exact) mass is 341 g/mol. The van der Waals surface area contributed by atoms with Crippen molar-refractivity contribution >= 4 is 22.8 Å². The third kappa shape index (κ3) is 4.41. The van der Waals surface area contributed by atoms with Crippen LogP contribution in [0.3, 0.4) is 0 Å². The lowest BCUT2D eigenvalue weighted by atomic mass is 10.0. The fourth-order valence-electron chi connectivity index (χ4n) is 3.17. The highest BCUT2D eigenvalue weighted by Crippen LogP contribution is 2.22. The van der Waals surface area contributed by atoms with Gasteiger partial charge in [0, 0.05) is 24.5 Å². The first-order valence-electron chi connectivity index (χ1n) is 8.93. The summed E-state index contributed by atoms with van der Waals surface area (Å²) in [4.78, 5) is 18.7. The Labute approximate surface area is 149 Å². The van der Waals surface area contributed by atoms with Crippen molar-refractivity contribution in [2.75, 3.05) is 18.4 Å². The Balaban J connectivity index is 1.60. The Bertz CT molecular complexity index is 759. The van der Waals surface area contributed by atoms with Crippen LogP contribution in [-0.2, 0) is 4.74 Å². The number of ether oxygens (including phenoxy) is 1. The molecule has 1 saturated heterocycles. The third-order valence-corrected chi connectivity index (χ3v) is 4.42. The average molecular weight is 341 g/mol. The number of anilines is 1. The van der Waals surface area contributed by atoms with E-state index in [1.807, 2.05) is 39.0 Å². The van der Waals surface area contributed by atoms with Gasteiger partial charge in [0.05, 0.1) is 5.52 Å². The number of benzene rings is 1. The summed E-state index contributed by atoms with van der Waals surface area (Å²) in [5.74, 6) is 0.909. The number of aryl methyl sites for hydroxylation is 1. The van der Waals surface area contributed by atoms with Gasteiger partial charge in [-0.05, 0) is 58.2 Å². The van der Waals surface area contributed by atoms with Gasteiger partial charge in [-0.15, -0.1) is 0 Å². The zero-order chi connectivity index (χ0) is 18.0. The topological polar surface area (TPSA) is 54.5 Å². The fraction of sp³-hybridized carbons (Fsp3) is 0.500. The first-order chi connectivity index (χ1) is 11.8. The summed E-state index contributed by atoms with van der Waals surface area (Å²) in [5, 5.41) is 4.72. The van der Waals surface area contributed by atoms with E-state index >= 15 is 0 Å². The zero-order valence-electron chi connectivity index (χ0n) is 15.5. The number of nitrogens with zero attached hydrogens (tertiary/aromatic N) is 2. The van der Waals surface area contributed by atoms with Gasteiger partial charge >= 0.3 is 6.09 Å². The van der Waals surface area contributed by atoms with Crippen LogP contribution in [0, 0.1) is 6.92 Å². The molecule has 1 aliphatic rings. The lowest BCUT2D eigenvalue weighted by Crippen LogP contribution is -2.44. The fourth-order valence-corrected chi connectivity index (χ4v) is 3.17. The van der Waals surface area contributed by atoms with Crippen molar-refractivity contribution in [1.82, 2.24) is 9.88 Å². The molecule has 2 heterocycles. The summed E-state index contributed by atoms with van der Waals surface area (Å²) in [5.41, 5.74) is 1.79. The number of nitrogens with one attached hydrogen (secondary N) is 1. The number of hydrogen-bond donors (Lipinski definition) is 1. The second kappa shape index (κ2) is 6.90. The van der Waals surface area contributed by atoms with Gasteiger partial charge in [0.15, 0.2) is 0 Å². The average Bonchev–Trinajstić information content (AvgIpc) is 2.54. The molecule has 0 aliphatic carbocycles. The smallest absolute Gasteiger partial charge is 0.410 e. The number of rotatable bonds is 2. The van der Waals surface area contributed by atoms with Crippen molar-refractivity contribution in [2.45, 2.75) is 52.2 Å². The predicted molar refractivity (Wildman–Crippen MR) is 101 cm³/mol. The van der Waals surface area contributed by atoms with Crippen molar-refractivity contribution in [1.29, 1.82) is 0 Å². The van der Waals surface area contributed by atoms with Crippen LogP contribution in [0.25, 0.3) is 10.9 Å². The Morgan fingerprint density at radius 2 is 1.92 bits per heavy atom. The lowest BCUT2D eigenvalue weighted by Gasteiger charge is -2.34. The number of aromatic nitrogens is 1. The van der Waals surface area contributed by atoms with Crippen LogP contribution in [0.2, 0.25) is 0 Å². The van der Waals surface area contributed by atoms with Crippen molar-refractivity contribution < 1.29 is 9.53 Å². The second-order valence-electron chi connectivity index (χ2n) is 7.73. The predicted octanol–water partition coefficient (Wildman–Crippen LogP) is 4.35. The lowest BCUT2D eigenvalue weighted by molar-refractivity contribution is 0.0210. The maximum absolute atomic E-state index is 12.1. The maximum atomic E-state index is 12.1. The zero-order valence-corrected chi connectivity index (χ0v) is 15.5. The highest BCUT2D eigenvalue weighted by molar-refractivity contribution is 5.83. The van der Waals surface area contributed by atoms with Gasteiger partial charge in [0.2, 0.25) is 0 Å². The van der Waals surface area contributed by atoms with E-state index in [0.717, 1.165) is 24.2 Å². The molecule has 5 nitrogen and oxygen atoms in total. The quantitative estimate of drug-likeness (QED) is 0.882. The molecule has 25 heavy (non-hydrogen) atoms. The number of carbonyl (C=O) groups is 1. The van der Waals surface area contributed by atoms with Crippen LogP contribution in [0.15, 0.2) is 30.3 Å². The summed E-state index contributed by atoms with van der Waals surface area (Å²) in [6.07, 6.45) is 1.57. The Kier molecular flexibility index (Phi) is 4.84. The highest BCUT2D eigenvalue weighted by Gasteiger charge is 2.26. The van der Waals surface area contributed by atoms with E-state index in [-0.39, 0.29) is 6.09 Å². The van der Waals surface area contributed by atoms with Crippen LogP contribution >= 0.6 is 0 Å². The van der Waals surface area contributed by atoms with E-state index in [2.05, 4.69) is 24.4 Å². The molecule has 1 aromatic carbocycles. The number of pyridine rings is 1. The number of piperidine rings is 1. The molecule has 3 rings (SSSR count). The van der Waals surface area contributed by atoms with Gasteiger partial charge in [-0.2, -0.15) is 0 Å². The molecule has 0 unspecified atom stereocenters. The van der Waals surface area contributed by atoms with E-state index in [1.54, 1.807) is 4.90 Å². The van der Waals surface area contributed by atoms with Crippen LogP contribution < -0.4 is 5.32 Å². The molecule has 0 spiro atoms. The van der Waals surface area contributed by atoms with Crippen LogP contribution in [-0.4, -0.2) is 40.7 Å².